The number of nitrogens with one attached hydrogen (secondary N) is 1. The van der Waals surface area contributed by atoms with Crippen LogP contribution >= 0.6 is 0 Å². The van der Waals surface area contributed by atoms with E-state index < -0.39 is 0 Å². The highest BCUT2D eigenvalue weighted by Gasteiger charge is 2.16. The maximum atomic E-state index is 12.0. The molecule has 0 aromatic heterocycles. The Labute approximate surface area is 107 Å². The summed E-state index contributed by atoms with van der Waals surface area (Å²) in [5.41, 5.74) is 1.55. The molecule has 1 N–H and O–H groups in total. The number of anilines is 1. The van der Waals surface area contributed by atoms with Crippen LogP contribution in [-0.2, 0) is 4.79 Å². The van der Waals surface area contributed by atoms with Gasteiger partial charge in [0.05, 0.1) is 6.54 Å². The zero-order chi connectivity index (χ0) is 13.0. The highest BCUT2D eigenvalue weighted by Crippen LogP contribution is 2.17. The van der Waals surface area contributed by atoms with Crippen LogP contribution in [0.3, 0.4) is 0 Å². The van der Waals surface area contributed by atoms with Gasteiger partial charge in [-0.2, -0.15) is 0 Å². The van der Waals surface area contributed by atoms with E-state index in [1.54, 1.807) is 24.0 Å². The molecule has 1 heterocycles. The van der Waals surface area contributed by atoms with Gasteiger partial charge in [0.1, 0.15) is 0 Å². The topological polar surface area (TPSA) is 49.4 Å². The number of nitrogens with zero attached hydrogens (tertiary/aromatic N) is 1. The first kappa shape index (κ1) is 12.8. The minimum atomic E-state index is 0.0437. The first-order valence-corrected chi connectivity index (χ1v) is 6.30. The molecule has 2 rings (SSSR count). The minimum Gasteiger partial charge on any atom is -0.311 e. The average Bonchev–Trinajstić information content (AvgIpc) is 2.35. The molecule has 0 bridgehead atoms. The highest BCUT2D eigenvalue weighted by atomic mass is 16.2. The van der Waals surface area contributed by atoms with E-state index in [9.17, 15) is 9.59 Å². The number of hydrogen-bond donors (Lipinski definition) is 1. The van der Waals surface area contributed by atoms with Gasteiger partial charge in [-0.05, 0) is 50.6 Å². The van der Waals surface area contributed by atoms with Crippen LogP contribution in [0.15, 0.2) is 24.3 Å². The molecule has 0 radical (unpaired) electrons. The third-order valence-corrected chi connectivity index (χ3v) is 3.15. The van der Waals surface area contributed by atoms with Gasteiger partial charge < -0.3 is 10.2 Å². The number of hydrogen-bond acceptors (Lipinski definition) is 3. The summed E-state index contributed by atoms with van der Waals surface area (Å²) in [7, 11) is 0. The van der Waals surface area contributed by atoms with E-state index in [1.165, 1.54) is 0 Å². The fraction of sp³-hybridized carbons (Fsp3) is 0.429. The summed E-state index contributed by atoms with van der Waals surface area (Å²) in [5, 5.41) is 3.12. The predicted octanol–water partition coefficient (Wildman–Crippen LogP) is 1.61. The molecule has 4 nitrogen and oxygen atoms in total. The number of rotatable bonds is 2. The van der Waals surface area contributed by atoms with Gasteiger partial charge in [0, 0.05) is 17.8 Å². The standard InChI is InChI=1S/C14H18N2O2/c1-11(17)12-4-6-13(7-5-12)16-9-3-2-8-15-10-14(16)18/h4-7,15H,2-3,8-10H2,1H3. The number of benzene rings is 1. The maximum absolute atomic E-state index is 12.0. The van der Waals surface area contributed by atoms with E-state index in [1.807, 2.05) is 12.1 Å². The summed E-state index contributed by atoms with van der Waals surface area (Å²) in [6.07, 6.45) is 2.07. The molecule has 18 heavy (non-hydrogen) atoms. The summed E-state index contributed by atoms with van der Waals surface area (Å²) in [6.45, 7) is 3.58. The summed E-state index contributed by atoms with van der Waals surface area (Å²) < 4.78 is 0. The molecule has 1 aliphatic rings. The Balaban J connectivity index is 2.17. The van der Waals surface area contributed by atoms with Crippen molar-refractivity contribution in [3.63, 3.8) is 0 Å². The SMILES string of the molecule is CC(=O)c1ccc(N2CCCCNCC2=O)cc1. The van der Waals surface area contributed by atoms with E-state index in [0.29, 0.717) is 12.1 Å². The van der Waals surface area contributed by atoms with E-state index in [0.717, 1.165) is 31.6 Å². The monoisotopic (exact) mass is 246 g/mol. The van der Waals surface area contributed by atoms with Crippen molar-refractivity contribution in [1.29, 1.82) is 0 Å². The van der Waals surface area contributed by atoms with E-state index in [2.05, 4.69) is 5.32 Å². The molecule has 1 amide bonds. The Bertz CT molecular complexity index is 440. The van der Waals surface area contributed by atoms with Crippen molar-refractivity contribution < 1.29 is 9.59 Å². The number of ketones is 1. The Kier molecular flexibility index (Phi) is 4.10. The number of amides is 1. The summed E-state index contributed by atoms with van der Waals surface area (Å²) in [4.78, 5) is 25.0. The van der Waals surface area contributed by atoms with Gasteiger partial charge in [-0.25, -0.2) is 0 Å². The van der Waals surface area contributed by atoms with Crippen LogP contribution in [0.1, 0.15) is 30.1 Å². The van der Waals surface area contributed by atoms with Crippen LogP contribution in [0.5, 0.6) is 0 Å². The first-order valence-electron chi connectivity index (χ1n) is 6.30. The van der Waals surface area contributed by atoms with Gasteiger partial charge >= 0.3 is 0 Å². The van der Waals surface area contributed by atoms with Crippen molar-refractivity contribution in [3.05, 3.63) is 29.8 Å². The maximum Gasteiger partial charge on any atom is 0.240 e. The van der Waals surface area contributed by atoms with Crippen LogP contribution < -0.4 is 10.2 Å². The Morgan fingerprint density at radius 3 is 2.61 bits per heavy atom. The molecule has 0 spiro atoms. The number of Topliss-reactive ketones (excluding diaryl/α,β-unsaturated/α-hetero) is 1. The van der Waals surface area contributed by atoms with Gasteiger partial charge in [0.2, 0.25) is 5.91 Å². The lowest BCUT2D eigenvalue weighted by Gasteiger charge is -2.25. The van der Waals surface area contributed by atoms with Gasteiger partial charge in [0.15, 0.2) is 5.78 Å². The predicted molar refractivity (Wildman–Crippen MR) is 70.9 cm³/mol. The van der Waals surface area contributed by atoms with Crippen LogP contribution in [0.2, 0.25) is 0 Å². The lowest BCUT2D eigenvalue weighted by molar-refractivity contribution is -0.118. The lowest BCUT2D eigenvalue weighted by Crippen LogP contribution is -2.41. The molecule has 96 valence electrons. The molecule has 1 saturated heterocycles. The molecular weight excluding hydrogens is 228 g/mol. The zero-order valence-corrected chi connectivity index (χ0v) is 10.6. The first-order chi connectivity index (χ1) is 8.68. The quantitative estimate of drug-likeness (QED) is 0.806. The second-order valence-corrected chi connectivity index (χ2v) is 4.53. The Hall–Kier alpha value is -1.68. The summed E-state index contributed by atoms with van der Waals surface area (Å²) >= 11 is 0. The molecule has 1 aromatic carbocycles. The van der Waals surface area contributed by atoms with Crippen LogP contribution in [0.25, 0.3) is 0 Å². The molecule has 4 heteroatoms. The minimum absolute atomic E-state index is 0.0437. The van der Waals surface area contributed by atoms with E-state index in [4.69, 9.17) is 0 Å². The smallest absolute Gasteiger partial charge is 0.240 e. The lowest BCUT2D eigenvalue weighted by atomic mass is 10.1. The summed E-state index contributed by atoms with van der Waals surface area (Å²) in [5.74, 6) is 0.132. The van der Waals surface area contributed by atoms with Crippen LogP contribution in [0.4, 0.5) is 5.69 Å². The third kappa shape index (κ3) is 2.96. The second-order valence-electron chi connectivity index (χ2n) is 4.53. The molecule has 1 fully saturated rings. The van der Waals surface area contributed by atoms with Crippen molar-refractivity contribution >= 4 is 17.4 Å². The Morgan fingerprint density at radius 1 is 1.22 bits per heavy atom. The number of carbonyl (C=O) groups is 2. The molecule has 0 unspecified atom stereocenters. The van der Waals surface area contributed by atoms with Crippen molar-refractivity contribution in [1.82, 2.24) is 5.32 Å². The van der Waals surface area contributed by atoms with Gasteiger partial charge in [-0.15, -0.1) is 0 Å². The summed E-state index contributed by atoms with van der Waals surface area (Å²) in [6, 6.07) is 7.24. The van der Waals surface area contributed by atoms with Crippen molar-refractivity contribution in [2.24, 2.45) is 0 Å². The number of carbonyl (C=O) groups excluding carboxylic acids is 2. The van der Waals surface area contributed by atoms with E-state index in [-0.39, 0.29) is 11.7 Å². The van der Waals surface area contributed by atoms with E-state index >= 15 is 0 Å². The zero-order valence-electron chi connectivity index (χ0n) is 10.6. The fourth-order valence-corrected chi connectivity index (χ4v) is 2.08. The molecule has 0 atom stereocenters. The average molecular weight is 246 g/mol. The van der Waals surface area contributed by atoms with Crippen LogP contribution in [0, 0.1) is 0 Å². The second kappa shape index (κ2) is 5.78. The Morgan fingerprint density at radius 2 is 1.94 bits per heavy atom. The van der Waals surface area contributed by atoms with Crippen molar-refractivity contribution in [2.45, 2.75) is 19.8 Å². The van der Waals surface area contributed by atoms with Crippen molar-refractivity contribution in [3.8, 4) is 0 Å². The molecule has 1 aromatic rings. The van der Waals surface area contributed by atoms with Gasteiger partial charge in [-0.3, -0.25) is 9.59 Å². The molecule has 0 aliphatic carbocycles. The third-order valence-electron chi connectivity index (χ3n) is 3.15. The van der Waals surface area contributed by atoms with Crippen molar-refractivity contribution in [2.75, 3.05) is 24.5 Å². The van der Waals surface area contributed by atoms with Crippen LogP contribution in [-0.4, -0.2) is 31.3 Å². The normalized spacial score (nSPS) is 17.2. The largest absolute Gasteiger partial charge is 0.311 e. The molecule has 0 saturated carbocycles. The molecular formula is C14H18N2O2. The van der Waals surface area contributed by atoms with Gasteiger partial charge in [0.25, 0.3) is 0 Å². The molecule has 1 aliphatic heterocycles. The highest BCUT2D eigenvalue weighted by molar-refractivity contribution is 5.97. The van der Waals surface area contributed by atoms with Gasteiger partial charge in [-0.1, -0.05) is 0 Å². The fourth-order valence-electron chi connectivity index (χ4n) is 2.08.